The van der Waals surface area contributed by atoms with E-state index in [1.165, 1.54) is 0 Å². The predicted molar refractivity (Wildman–Crippen MR) is 69.7 cm³/mol. The van der Waals surface area contributed by atoms with E-state index in [2.05, 4.69) is 6.08 Å². The van der Waals surface area contributed by atoms with Crippen LogP contribution in [0.3, 0.4) is 0 Å². The van der Waals surface area contributed by atoms with Crippen LogP contribution in [0.5, 0.6) is 5.75 Å². The minimum Gasteiger partial charge on any atom is -0.497 e. The van der Waals surface area contributed by atoms with Crippen molar-refractivity contribution >= 4 is 5.78 Å². The molecular weight excluding hydrogens is 228 g/mol. The van der Waals surface area contributed by atoms with E-state index in [-0.39, 0.29) is 18.0 Å². The average molecular weight is 246 g/mol. The summed E-state index contributed by atoms with van der Waals surface area (Å²) in [6.07, 6.45) is 5.30. The second-order valence-electron chi connectivity index (χ2n) is 4.51. The zero-order valence-electron chi connectivity index (χ0n) is 10.8. The minimum atomic E-state index is -0.0941. The highest BCUT2D eigenvalue weighted by Gasteiger charge is 2.20. The Kier molecular flexibility index (Phi) is 4.15. The van der Waals surface area contributed by atoms with Gasteiger partial charge in [0.15, 0.2) is 0 Å². The second-order valence-corrected chi connectivity index (χ2v) is 4.51. The van der Waals surface area contributed by atoms with Gasteiger partial charge in [0.1, 0.15) is 11.5 Å². The molecule has 0 N–H and O–H groups in total. The number of rotatable bonds is 4. The van der Waals surface area contributed by atoms with E-state index in [1.807, 2.05) is 30.3 Å². The quantitative estimate of drug-likeness (QED) is 0.766. The molecule has 3 heteroatoms. The Morgan fingerprint density at radius 1 is 1.39 bits per heavy atom. The van der Waals surface area contributed by atoms with Gasteiger partial charge in [-0.2, -0.15) is 0 Å². The maximum absolute atomic E-state index is 11.1. The van der Waals surface area contributed by atoms with Crippen LogP contribution in [0, 0.1) is 0 Å². The Bertz CT molecular complexity index is 434. The van der Waals surface area contributed by atoms with E-state index in [1.54, 1.807) is 14.0 Å². The summed E-state index contributed by atoms with van der Waals surface area (Å²) in [7, 11) is 1.65. The molecule has 3 nitrogen and oxygen atoms in total. The van der Waals surface area contributed by atoms with Crippen molar-refractivity contribution in [3.05, 3.63) is 42.0 Å². The topological polar surface area (TPSA) is 35.5 Å². The SMILES string of the molecule is COc1ccc([C@H]2CC=C[C@@H](CC(C)=O)O2)cc1. The molecular formula is C15H18O3. The van der Waals surface area contributed by atoms with Crippen molar-refractivity contribution in [3.63, 3.8) is 0 Å². The molecule has 0 unspecified atom stereocenters. The second kappa shape index (κ2) is 5.83. The van der Waals surface area contributed by atoms with E-state index in [0.29, 0.717) is 6.42 Å². The van der Waals surface area contributed by atoms with Gasteiger partial charge in [0.2, 0.25) is 0 Å². The van der Waals surface area contributed by atoms with E-state index in [9.17, 15) is 4.79 Å². The molecule has 96 valence electrons. The van der Waals surface area contributed by atoms with E-state index >= 15 is 0 Å². The normalized spacial score (nSPS) is 22.8. The zero-order valence-corrected chi connectivity index (χ0v) is 10.8. The number of carbonyl (C=O) groups excluding carboxylic acids is 1. The fourth-order valence-corrected chi connectivity index (χ4v) is 2.10. The van der Waals surface area contributed by atoms with Gasteiger partial charge in [-0.05, 0) is 31.0 Å². The van der Waals surface area contributed by atoms with E-state index in [0.717, 1.165) is 17.7 Å². The van der Waals surface area contributed by atoms with Crippen LogP contribution in [0.15, 0.2) is 36.4 Å². The van der Waals surface area contributed by atoms with Crippen LogP contribution in [-0.2, 0) is 9.53 Å². The van der Waals surface area contributed by atoms with Crippen LogP contribution >= 0.6 is 0 Å². The molecule has 0 fully saturated rings. The molecule has 0 aliphatic carbocycles. The van der Waals surface area contributed by atoms with Crippen molar-refractivity contribution in [2.24, 2.45) is 0 Å². The molecule has 1 aliphatic heterocycles. The van der Waals surface area contributed by atoms with Crippen molar-refractivity contribution < 1.29 is 14.3 Å². The summed E-state index contributed by atoms with van der Waals surface area (Å²) in [6.45, 7) is 1.59. The smallest absolute Gasteiger partial charge is 0.132 e. The first-order valence-electron chi connectivity index (χ1n) is 6.14. The minimum absolute atomic E-state index is 0.0326. The van der Waals surface area contributed by atoms with Gasteiger partial charge in [0, 0.05) is 6.42 Å². The largest absolute Gasteiger partial charge is 0.497 e. The number of ketones is 1. The van der Waals surface area contributed by atoms with Crippen LogP contribution in [0.2, 0.25) is 0 Å². The molecule has 18 heavy (non-hydrogen) atoms. The third-order valence-corrected chi connectivity index (χ3v) is 3.02. The molecule has 0 saturated heterocycles. The number of hydrogen-bond acceptors (Lipinski definition) is 3. The van der Waals surface area contributed by atoms with Crippen molar-refractivity contribution in [2.75, 3.05) is 7.11 Å². The van der Waals surface area contributed by atoms with Gasteiger partial charge in [-0.3, -0.25) is 4.79 Å². The Morgan fingerprint density at radius 2 is 2.11 bits per heavy atom. The van der Waals surface area contributed by atoms with Crippen molar-refractivity contribution in [3.8, 4) is 5.75 Å². The molecule has 1 aliphatic rings. The third-order valence-electron chi connectivity index (χ3n) is 3.02. The standard InChI is InChI=1S/C15H18O3/c1-11(16)10-14-4-3-5-15(18-14)12-6-8-13(17-2)9-7-12/h3-4,6-9,14-15H,5,10H2,1-2H3/t14-,15+/m0/s1. The number of hydrogen-bond donors (Lipinski definition) is 0. The molecule has 0 amide bonds. The van der Waals surface area contributed by atoms with E-state index in [4.69, 9.17) is 9.47 Å². The molecule has 2 atom stereocenters. The Labute approximate surface area is 107 Å². The lowest BCUT2D eigenvalue weighted by atomic mass is 10.0. The molecule has 0 aromatic heterocycles. The van der Waals surface area contributed by atoms with Gasteiger partial charge < -0.3 is 9.47 Å². The van der Waals surface area contributed by atoms with Crippen LogP contribution in [0.1, 0.15) is 31.4 Å². The first kappa shape index (κ1) is 12.8. The number of Topliss-reactive ketones (excluding diaryl/α,β-unsaturated/α-hetero) is 1. The number of carbonyl (C=O) groups is 1. The monoisotopic (exact) mass is 246 g/mol. The molecule has 1 aromatic carbocycles. The lowest BCUT2D eigenvalue weighted by molar-refractivity contribution is -0.120. The highest BCUT2D eigenvalue weighted by Crippen LogP contribution is 2.29. The molecule has 2 rings (SSSR count). The maximum atomic E-state index is 11.1. The summed E-state index contributed by atoms with van der Waals surface area (Å²) in [4.78, 5) is 11.1. The van der Waals surface area contributed by atoms with Crippen LogP contribution < -0.4 is 4.74 Å². The summed E-state index contributed by atoms with van der Waals surface area (Å²) >= 11 is 0. The number of ether oxygens (including phenoxy) is 2. The Balaban J connectivity index is 2.04. The van der Waals surface area contributed by atoms with Crippen molar-refractivity contribution in [1.82, 2.24) is 0 Å². The van der Waals surface area contributed by atoms with Gasteiger partial charge in [-0.1, -0.05) is 24.3 Å². The summed E-state index contributed by atoms with van der Waals surface area (Å²) in [5, 5.41) is 0. The molecule has 0 radical (unpaired) electrons. The maximum Gasteiger partial charge on any atom is 0.132 e. The van der Waals surface area contributed by atoms with Crippen molar-refractivity contribution in [2.45, 2.75) is 32.0 Å². The fraction of sp³-hybridized carbons (Fsp3) is 0.400. The lowest BCUT2D eigenvalue weighted by Gasteiger charge is -2.25. The van der Waals surface area contributed by atoms with Gasteiger partial charge >= 0.3 is 0 Å². The fourth-order valence-electron chi connectivity index (χ4n) is 2.10. The molecule has 0 spiro atoms. The van der Waals surface area contributed by atoms with Crippen LogP contribution in [-0.4, -0.2) is 19.0 Å². The first-order chi connectivity index (χ1) is 8.69. The van der Waals surface area contributed by atoms with Gasteiger partial charge in [-0.25, -0.2) is 0 Å². The average Bonchev–Trinajstić information content (AvgIpc) is 2.38. The van der Waals surface area contributed by atoms with Gasteiger partial charge in [0.05, 0.1) is 19.3 Å². The van der Waals surface area contributed by atoms with Crippen LogP contribution in [0.4, 0.5) is 0 Å². The van der Waals surface area contributed by atoms with E-state index < -0.39 is 0 Å². The third kappa shape index (κ3) is 3.20. The summed E-state index contributed by atoms with van der Waals surface area (Å²) in [6, 6.07) is 7.87. The molecule has 0 bridgehead atoms. The first-order valence-corrected chi connectivity index (χ1v) is 6.14. The predicted octanol–water partition coefficient (Wildman–Crippen LogP) is 3.06. The summed E-state index contributed by atoms with van der Waals surface area (Å²) in [5.74, 6) is 0.991. The number of benzene rings is 1. The van der Waals surface area contributed by atoms with Gasteiger partial charge in [0.25, 0.3) is 0 Å². The highest BCUT2D eigenvalue weighted by atomic mass is 16.5. The molecule has 0 saturated carbocycles. The Morgan fingerprint density at radius 3 is 2.72 bits per heavy atom. The highest BCUT2D eigenvalue weighted by molar-refractivity contribution is 5.76. The summed E-state index contributed by atoms with van der Waals surface area (Å²) < 4.78 is 11.0. The zero-order chi connectivity index (χ0) is 13.0. The molecule has 1 heterocycles. The van der Waals surface area contributed by atoms with Crippen molar-refractivity contribution in [1.29, 1.82) is 0 Å². The van der Waals surface area contributed by atoms with Crippen LogP contribution in [0.25, 0.3) is 0 Å². The lowest BCUT2D eigenvalue weighted by Crippen LogP contribution is -2.20. The number of methoxy groups -OCH3 is 1. The van der Waals surface area contributed by atoms with Gasteiger partial charge in [-0.15, -0.1) is 0 Å². The Hall–Kier alpha value is -1.61. The molecule has 1 aromatic rings. The summed E-state index contributed by atoms with van der Waals surface area (Å²) in [5.41, 5.74) is 1.12.